The van der Waals surface area contributed by atoms with E-state index >= 15 is 0 Å². The van der Waals surface area contributed by atoms with E-state index in [9.17, 15) is 19.2 Å². The van der Waals surface area contributed by atoms with Crippen LogP contribution in [0.2, 0.25) is 0 Å². The number of thiophene rings is 1. The van der Waals surface area contributed by atoms with E-state index in [2.05, 4.69) is 5.32 Å². The molecule has 0 saturated carbocycles. The first kappa shape index (κ1) is 21.4. The molecule has 8 nitrogen and oxygen atoms in total. The second kappa shape index (κ2) is 8.28. The maximum Gasteiger partial charge on any atom is 0.259 e. The van der Waals surface area contributed by atoms with Crippen molar-refractivity contribution in [2.75, 3.05) is 24.2 Å². The Kier molecular flexibility index (Phi) is 5.22. The molecular formula is C24H22N4O4S2. The van der Waals surface area contributed by atoms with Crippen molar-refractivity contribution in [2.45, 2.75) is 36.4 Å². The lowest BCUT2D eigenvalue weighted by Crippen LogP contribution is -2.43. The smallest absolute Gasteiger partial charge is 0.259 e. The standard InChI is InChI=1S/C24H22N4O4S2/c29-21-13-34-20-11-14(1-2-16(20)25-21)23(31)28-9-4-17-18(28)3-8-27(17)22(30)12-26-7-5-19-15(24(26)32)6-10-33-19/h1-2,5-7,10-11,17-18H,3-4,8-9,12-13H2,(H,25,29)/t17-,18+/m0/s1. The monoisotopic (exact) mass is 494 g/mol. The third-order valence-corrected chi connectivity index (χ3v) is 8.85. The van der Waals surface area contributed by atoms with Crippen LogP contribution in [-0.4, -0.2) is 63.0 Å². The molecule has 0 unspecified atom stereocenters. The second-order valence-electron chi connectivity index (χ2n) is 8.79. The van der Waals surface area contributed by atoms with Gasteiger partial charge in [-0.1, -0.05) is 0 Å². The summed E-state index contributed by atoms with van der Waals surface area (Å²) in [7, 11) is 0. The van der Waals surface area contributed by atoms with Gasteiger partial charge in [0, 0.05) is 34.4 Å². The van der Waals surface area contributed by atoms with E-state index in [-0.39, 0.29) is 41.9 Å². The number of pyridine rings is 1. The Bertz CT molecular complexity index is 1400. The lowest BCUT2D eigenvalue weighted by Gasteiger charge is -2.26. The van der Waals surface area contributed by atoms with Gasteiger partial charge in [-0.15, -0.1) is 23.1 Å². The van der Waals surface area contributed by atoms with Gasteiger partial charge >= 0.3 is 0 Å². The molecular weight excluding hydrogens is 472 g/mol. The van der Waals surface area contributed by atoms with Crippen LogP contribution < -0.4 is 10.9 Å². The van der Waals surface area contributed by atoms with Crippen molar-refractivity contribution in [2.24, 2.45) is 0 Å². The summed E-state index contributed by atoms with van der Waals surface area (Å²) in [5, 5.41) is 5.35. The van der Waals surface area contributed by atoms with Gasteiger partial charge in [-0.25, -0.2) is 0 Å². The number of benzene rings is 1. The molecule has 1 N–H and O–H groups in total. The van der Waals surface area contributed by atoms with E-state index in [4.69, 9.17) is 0 Å². The molecule has 1 aromatic carbocycles. The fourth-order valence-electron chi connectivity index (χ4n) is 5.29. The fraction of sp³-hybridized carbons (Fsp3) is 0.333. The van der Waals surface area contributed by atoms with E-state index in [0.29, 0.717) is 29.8 Å². The highest BCUT2D eigenvalue weighted by molar-refractivity contribution is 8.00. The summed E-state index contributed by atoms with van der Waals surface area (Å²) in [5.74, 6) is 0.186. The average Bonchev–Trinajstić information content (AvgIpc) is 3.56. The number of aromatic nitrogens is 1. The Morgan fingerprint density at radius 3 is 2.68 bits per heavy atom. The first-order chi connectivity index (χ1) is 16.5. The Balaban J connectivity index is 1.17. The summed E-state index contributed by atoms with van der Waals surface area (Å²) in [6, 6.07) is 9.01. The third-order valence-electron chi connectivity index (χ3n) is 6.92. The van der Waals surface area contributed by atoms with Gasteiger partial charge in [0.05, 0.1) is 28.9 Å². The van der Waals surface area contributed by atoms with E-state index in [1.165, 1.54) is 27.7 Å². The summed E-state index contributed by atoms with van der Waals surface area (Å²) in [5.41, 5.74) is 1.20. The molecule has 0 bridgehead atoms. The van der Waals surface area contributed by atoms with Crippen molar-refractivity contribution in [1.82, 2.24) is 14.4 Å². The minimum atomic E-state index is -0.146. The van der Waals surface area contributed by atoms with Gasteiger partial charge < -0.3 is 19.7 Å². The molecule has 3 aromatic rings. The number of thioether (sulfide) groups is 1. The number of anilines is 1. The van der Waals surface area contributed by atoms with Gasteiger partial charge in [-0.3, -0.25) is 19.2 Å². The number of rotatable bonds is 3. The van der Waals surface area contributed by atoms with Crippen molar-refractivity contribution in [3.05, 3.63) is 57.8 Å². The minimum Gasteiger partial charge on any atom is -0.336 e. The topological polar surface area (TPSA) is 91.7 Å². The maximum atomic E-state index is 13.3. The van der Waals surface area contributed by atoms with Crippen LogP contribution in [0.4, 0.5) is 5.69 Å². The SMILES string of the molecule is O=C1CSc2cc(C(=O)N3CC[C@H]4[C@H]3CCN4C(=O)Cn3ccc4sccc4c3=O)ccc2N1. The predicted molar refractivity (Wildman–Crippen MR) is 131 cm³/mol. The number of hydrogen-bond acceptors (Lipinski definition) is 6. The van der Waals surface area contributed by atoms with Crippen LogP contribution in [0.3, 0.4) is 0 Å². The molecule has 2 saturated heterocycles. The Hall–Kier alpha value is -3.11. The molecule has 6 rings (SSSR count). The van der Waals surface area contributed by atoms with Crippen LogP contribution in [0.15, 0.2) is 51.6 Å². The van der Waals surface area contributed by atoms with Crippen LogP contribution in [0.25, 0.3) is 10.1 Å². The molecule has 2 atom stereocenters. The first-order valence-corrected chi connectivity index (χ1v) is 13.1. The summed E-state index contributed by atoms with van der Waals surface area (Å²) in [6.45, 7) is 1.19. The molecule has 0 spiro atoms. The molecule has 2 aromatic heterocycles. The quantitative estimate of drug-likeness (QED) is 0.605. The zero-order valence-electron chi connectivity index (χ0n) is 18.2. The largest absolute Gasteiger partial charge is 0.336 e. The number of hydrogen-bond donors (Lipinski definition) is 1. The van der Waals surface area contributed by atoms with Gasteiger partial charge in [-0.2, -0.15) is 0 Å². The maximum absolute atomic E-state index is 13.3. The molecule has 0 aliphatic carbocycles. The second-order valence-corrected chi connectivity index (χ2v) is 10.8. The molecule has 0 radical (unpaired) electrons. The van der Waals surface area contributed by atoms with Crippen LogP contribution in [-0.2, 0) is 16.1 Å². The lowest BCUT2D eigenvalue weighted by molar-refractivity contribution is -0.132. The first-order valence-electron chi connectivity index (χ1n) is 11.2. The summed E-state index contributed by atoms with van der Waals surface area (Å²) >= 11 is 2.94. The minimum absolute atomic E-state index is 0.00948. The lowest BCUT2D eigenvalue weighted by atomic mass is 10.1. The number of nitrogens with one attached hydrogen (secondary N) is 1. The van der Waals surface area contributed by atoms with Crippen LogP contribution in [0.1, 0.15) is 23.2 Å². The number of amides is 3. The van der Waals surface area contributed by atoms with E-state index in [1.54, 1.807) is 24.4 Å². The van der Waals surface area contributed by atoms with Crippen LogP contribution in [0.5, 0.6) is 0 Å². The van der Waals surface area contributed by atoms with Crippen molar-refractivity contribution >= 4 is 56.6 Å². The Morgan fingerprint density at radius 1 is 1.03 bits per heavy atom. The number of likely N-dealkylation sites (tertiary alicyclic amines) is 2. The normalized spacial score (nSPS) is 21.5. The molecule has 34 heavy (non-hydrogen) atoms. The van der Waals surface area contributed by atoms with Gasteiger partial charge in [0.1, 0.15) is 6.54 Å². The summed E-state index contributed by atoms with van der Waals surface area (Å²) in [6.07, 6.45) is 3.15. The van der Waals surface area contributed by atoms with Crippen LogP contribution in [0, 0.1) is 0 Å². The van der Waals surface area contributed by atoms with Gasteiger partial charge in [-0.05, 0) is 48.6 Å². The van der Waals surface area contributed by atoms with E-state index in [0.717, 1.165) is 28.1 Å². The molecule has 5 heterocycles. The van der Waals surface area contributed by atoms with Crippen LogP contribution >= 0.6 is 23.1 Å². The zero-order valence-corrected chi connectivity index (χ0v) is 19.9. The highest BCUT2D eigenvalue weighted by Crippen LogP contribution is 2.35. The van der Waals surface area contributed by atoms with Crippen molar-refractivity contribution in [3.63, 3.8) is 0 Å². The molecule has 174 valence electrons. The number of carbonyl (C=O) groups excluding carboxylic acids is 3. The van der Waals surface area contributed by atoms with E-state index < -0.39 is 0 Å². The highest BCUT2D eigenvalue weighted by atomic mass is 32.2. The zero-order chi connectivity index (χ0) is 23.4. The Morgan fingerprint density at radius 2 is 1.82 bits per heavy atom. The molecule has 3 amide bonds. The van der Waals surface area contributed by atoms with Crippen molar-refractivity contribution < 1.29 is 14.4 Å². The number of nitrogens with zero attached hydrogens (tertiary/aromatic N) is 3. The molecule has 3 aliphatic heterocycles. The fourth-order valence-corrected chi connectivity index (χ4v) is 6.91. The predicted octanol–water partition coefficient (Wildman–Crippen LogP) is 2.62. The van der Waals surface area contributed by atoms with Gasteiger partial charge in [0.15, 0.2) is 0 Å². The molecule has 10 heteroatoms. The van der Waals surface area contributed by atoms with E-state index in [1.807, 2.05) is 27.3 Å². The van der Waals surface area contributed by atoms with Gasteiger partial charge in [0.2, 0.25) is 11.8 Å². The summed E-state index contributed by atoms with van der Waals surface area (Å²) in [4.78, 5) is 55.4. The van der Waals surface area contributed by atoms with Crippen molar-refractivity contribution in [1.29, 1.82) is 0 Å². The molecule has 3 aliphatic rings. The average molecular weight is 495 g/mol. The molecule has 2 fully saturated rings. The number of carbonyl (C=O) groups is 3. The Labute approximate surface area is 203 Å². The van der Waals surface area contributed by atoms with Crippen molar-refractivity contribution in [3.8, 4) is 0 Å². The third kappa shape index (κ3) is 3.52. The highest BCUT2D eigenvalue weighted by Gasteiger charge is 2.46. The summed E-state index contributed by atoms with van der Waals surface area (Å²) < 4.78 is 2.40. The number of fused-ring (bicyclic) bond motifs is 3. The van der Waals surface area contributed by atoms with Gasteiger partial charge in [0.25, 0.3) is 11.5 Å².